The molecule has 0 aliphatic carbocycles. The van der Waals surface area contributed by atoms with Gasteiger partial charge in [0, 0.05) is 10.5 Å². The first-order valence-electron chi connectivity index (χ1n) is 9.93. The van der Waals surface area contributed by atoms with Crippen LogP contribution in [-0.4, -0.2) is 67.8 Å². The number of methoxy groups -OCH3 is 1. The Bertz CT molecular complexity index is 1160. The standard InChI is InChI=1S/C21H19Cl2F2N3O5S/c1-32-20-13(24)4-9(5-14(20)25)15-7-28(27-26-15)17-18(30)16(8-29)33-21(19(17)31)34-10-2-3-11(22)12(23)6-10/h2-7,16-19,21,29-31H,8H2,1H3/t16?,17?,18-,19?,21+/m0/s1. The number of aliphatic hydroxyl groups is 3. The molecule has 182 valence electrons. The third kappa shape index (κ3) is 4.87. The minimum atomic E-state index is -1.36. The molecule has 1 saturated heterocycles. The number of benzene rings is 2. The molecule has 1 fully saturated rings. The van der Waals surface area contributed by atoms with Crippen molar-refractivity contribution in [1.82, 2.24) is 15.0 Å². The lowest BCUT2D eigenvalue weighted by Crippen LogP contribution is -2.55. The molecule has 34 heavy (non-hydrogen) atoms. The molecule has 0 saturated carbocycles. The van der Waals surface area contributed by atoms with Crippen molar-refractivity contribution in [3.05, 3.63) is 58.2 Å². The number of ether oxygens (including phenoxy) is 2. The van der Waals surface area contributed by atoms with E-state index in [4.69, 9.17) is 27.9 Å². The number of nitrogens with zero attached hydrogens (tertiary/aromatic N) is 3. The van der Waals surface area contributed by atoms with Gasteiger partial charge in [0.15, 0.2) is 17.4 Å². The third-order valence-corrected chi connectivity index (χ3v) is 7.19. The highest BCUT2D eigenvalue weighted by Gasteiger charge is 2.46. The van der Waals surface area contributed by atoms with Gasteiger partial charge in [-0.05, 0) is 30.3 Å². The van der Waals surface area contributed by atoms with Gasteiger partial charge in [0.25, 0.3) is 0 Å². The highest BCUT2D eigenvalue weighted by molar-refractivity contribution is 7.99. The van der Waals surface area contributed by atoms with Crippen molar-refractivity contribution in [2.24, 2.45) is 0 Å². The predicted octanol–water partition coefficient (Wildman–Crippen LogP) is 3.31. The van der Waals surface area contributed by atoms with E-state index in [0.29, 0.717) is 14.9 Å². The van der Waals surface area contributed by atoms with Crippen molar-refractivity contribution in [3.63, 3.8) is 0 Å². The average molecular weight is 534 g/mol. The molecule has 2 aromatic carbocycles. The van der Waals surface area contributed by atoms with Gasteiger partial charge in [-0.15, -0.1) is 5.10 Å². The summed E-state index contributed by atoms with van der Waals surface area (Å²) in [6, 6.07) is 5.86. The smallest absolute Gasteiger partial charge is 0.190 e. The lowest BCUT2D eigenvalue weighted by molar-refractivity contribution is -0.178. The van der Waals surface area contributed by atoms with Gasteiger partial charge in [-0.3, -0.25) is 0 Å². The fourth-order valence-electron chi connectivity index (χ4n) is 3.62. The molecule has 3 N–H and O–H groups in total. The topological polar surface area (TPSA) is 110 Å². The van der Waals surface area contributed by atoms with Crippen molar-refractivity contribution in [1.29, 1.82) is 0 Å². The minimum absolute atomic E-state index is 0.0820. The van der Waals surface area contributed by atoms with Crippen LogP contribution in [0.15, 0.2) is 41.4 Å². The molecule has 0 amide bonds. The zero-order valence-electron chi connectivity index (χ0n) is 17.5. The Morgan fingerprint density at radius 1 is 1.12 bits per heavy atom. The Labute approximate surface area is 207 Å². The van der Waals surface area contributed by atoms with Crippen LogP contribution in [0.1, 0.15) is 6.04 Å². The van der Waals surface area contributed by atoms with Crippen molar-refractivity contribution in [2.75, 3.05) is 13.7 Å². The second-order valence-electron chi connectivity index (χ2n) is 7.45. The second-order valence-corrected chi connectivity index (χ2v) is 9.43. The fourth-order valence-corrected chi connectivity index (χ4v) is 5.08. The number of thioether (sulfide) groups is 1. The number of aromatic nitrogens is 3. The lowest BCUT2D eigenvalue weighted by atomic mass is 9.97. The van der Waals surface area contributed by atoms with Gasteiger partial charge in [-0.25, -0.2) is 13.5 Å². The predicted molar refractivity (Wildman–Crippen MR) is 121 cm³/mol. The summed E-state index contributed by atoms with van der Waals surface area (Å²) in [6.07, 6.45) is -2.38. The molecule has 8 nitrogen and oxygen atoms in total. The van der Waals surface area contributed by atoms with Crippen LogP contribution in [-0.2, 0) is 4.74 Å². The zero-order valence-corrected chi connectivity index (χ0v) is 19.8. The molecule has 1 aromatic heterocycles. The monoisotopic (exact) mass is 533 g/mol. The van der Waals surface area contributed by atoms with E-state index in [1.807, 2.05) is 0 Å². The molecular formula is C21H19Cl2F2N3O5S. The molecule has 0 radical (unpaired) electrons. The largest absolute Gasteiger partial charge is 0.491 e. The number of halogens is 4. The molecule has 1 aliphatic rings. The Balaban J connectivity index is 1.63. The van der Waals surface area contributed by atoms with Gasteiger partial charge in [0.2, 0.25) is 0 Å². The first-order chi connectivity index (χ1) is 16.2. The quantitative estimate of drug-likeness (QED) is 0.442. The summed E-state index contributed by atoms with van der Waals surface area (Å²) in [4.78, 5) is 0.633. The molecule has 4 rings (SSSR count). The van der Waals surface area contributed by atoms with Crippen molar-refractivity contribution in [3.8, 4) is 17.0 Å². The Morgan fingerprint density at radius 2 is 1.82 bits per heavy atom. The fraction of sp³-hybridized carbons (Fsp3) is 0.333. The number of hydrogen-bond acceptors (Lipinski definition) is 8. The van der Waals surface area contributed by atoms with E-state index >= 15 is 0 Å². The number of hydrogen-bond donors (Lipinski definition) is 3. The number of rotatable bonds is 6. The normalized spacial score (nSPS) is 24.9. The van der Waals surface area contributed by atoms with Crippen LogP contribution in [0.4, 0.5) is 8.78 Å². The SMILES string of the molecule is COc1c(F)cc(-c2cn(C3C(O)[C@@H](Sc4ccc(Cl)c(Cl)c4)OC(CO)[C@@H]3O)nn2)cc1F. The second kappa shape index (κ2) is 10.3. The third-order valence-electron chi connectivity index (χ3n) is 5.31. The van der Waals surface area contributed by atoms with Gasteiger partial charge < -0.3 is 24.8 Å². The Kier molecular flexibility index (Phi) is 7.63. The van der Waals surface area contributed by atoms with E-state index in [2.05, 4.69) is 15.0 Å². The van der Waals surface area contributed by atoms with Gasteiger partial charge in [0.1, 0.15) is 35.5 Å². The first kappa shape index (κ1) is 25.1. The Hall–Kier alpha value is -1.99. The van der Waals surface area contributed by atoms with E-state index in [1.54, 1.807) is 18.2 Å². The molecule has 13 heteroatoms. The van der Waals surface area contributed by atoms with E-state index in [1.165, 1.54) is 10.9 Å². The molecule has 5 atom stereocenters. The van der Waals surface area contributed by atoms with Crippen molar-refractivity contribution < 1.29 is 33.6 Å². The Morgan fingerprint density at radius 3 is 2.44 bits per heavy atom. The van der Waals surface area contributed by atoms with E-state index in [-0.39, 0.29) is 11.3 Å². The van der Waals surface area contributed by atoms with Crippen LogP contribution >= 0.6 is 35.0 Å². The minimum Gasteiger partial charge on any atom is -0.491 e. The van der Waals surface area contributed by atoms with Gasteiger partial charge in [0.05, 0.1) is 30.0 Å². The van der Waals surface area contributed by atoms with Crippen LogP contribution in [0.25, 0.3) is 11.3 Å². The highest BCUT2D eigenvalue weighted by Crippen LogP contribution is 2.39. The molecule has 1 aliphatic heterocycles. The van der Waals surface area contributed by atoms with Crippen LogP contribution in [0, 0.1) is 11.6 Å². The summed E-state index contributed by atoms with van der Waals surface area (Å²) >= 11 is 13.1. The van der Waals surface area contributed by atoms with Gasteiger partial charge in [-0.1, -0.05) is 40.2 Å². The van der Waals surface area contributed by atoms with Crippen LogP contribution < -0.4 is 4.74 Å². The van der Waals surface area contributed by atoms with Gasteiger partial charge in [-0.2, -0.15) is 0 Å². The summed E-state index contributed by atoms with van der Waals surface area (Å²) < 4.78 is 39.8. The lowest BCUT2D eigenvalue weighted by Gasteiger charge is -2.41. The summed E-state index contributed by atoms with van der Waals surface area (Å²) in [7, 11) is 1.15. The maximum absolute atomic E-state index is 14.1. The molecule has 3 unspecified atom stereocenters. The van der Waals surface area contributed by atoms with E-state index in [0.717, 1.165) is 31.0 Å². The van der Waals surface area contributed by atoms with Crippen LogP contribution in [0.3, 0.4) is 0 Å². The average Bonchev–Trinajstić information content (AvgIpc) is 3.28. The highest BCUT2D eigenvalue weighted by atomic mass is 35.5. The van der Waals surface area contributed by atoms with Crippen molar-refractivity contribution in [2.45, 2.75) is 34.7 Å². The van der Waals surface area contributed by atoms with E-state index in [9.17, 15) is 24.1 Å². The molecule has 3 aromatic rings. The zero-order chi connectivity index (χ0) is 24.6. The maximum Gasteiger partial charge on any atom is 0.190 e. The molecule has 2 heterocycles. The molecular weight excluding hydrogens is 515 g/mol. The summed E-state index contributed by atoms with van der Waals surface area (Å²) in [5.74, 6) is -2.37. The van der Waals surface area contributed by atoms with E-state index < -0.39 is 53.8 Å². The summed E-state index contributed by atoms with van der Waals surface area (Å²) in [5, 5.41) is 40.0. The first-order valence-corrected chi connectivity index (χ1v) is 11.6. The number of aliphatic hydroxyl groups excluding tert-OH is 3. The summed E-state index contributed by atoms with van der Waals surface area (Å²) in [6.45, 7) is -0.528. The molecule has 0 bridgehead atoms. The molecule has 0 spiro atoms. The van der Waals surface area contributed by atoms with Crippen molar-refractivity contribution >= 4 is 35.0 Å². The summed E-state index contributed by atoms with van der Waals surface area (Å²) in [5.41, 5.74) is -0.745. The van der Waals surface area contributed by atoms with Crippen LogP contribution in [0.2, 0.25) is 10.0 Å². The van der Waals surface area contributed by atoms with Gasteiger partial charge >= 0.3 is 0 Å². The van der Waals surface area contributed by atoms with Crippen LogP contribution in [0.5, 0.6) is 5.75 Å². The maximum atomic E-state index is 14.1.